The first-order chi connectivity index (χ1) is 15.4. The molecule has 0 radical (unpaired) electrons. The van der Waals surface area contributed by atoms with Gasteiger partial charge in [-0.05, 0) is 12.1 Å². The number of aryl methyl sites for hydroxylation is 1. The Hall–Kier alpha value is -3.44. The van der Waals surface area contributed by atoms with E-state index in [0.29, 0.717) is 11.1 Å². The van der Waals surface area contributed by atoms with Gasteiger partial charge in [-0.15, -0.1) is 0 Å². The highest BCUT2D eigenvalue weighted by atomic mass is 16.5. The first-order valence-electron chi connectivity index (χ1n) is 9.89. The number of ether oxygens (including phenoxy) is 1. The van der Waals surface area contributed by atoms with E-state index in [2.05, 4.69) is 33.9 Å². The summed E-state index contributed by atoms with van der Waals surface area (Å²) >= 11 is 0. The Kier molecular flexibility index (Phi) is 6.10. The third-order valence-electron chi connectivity index (χ3n) is 5.11. The SMILES string of the molecule is Cn1cc(C#C[C@@]2(O)[C@@H](C#Cc3cnn(-c4ccccc4)c3)O[C@H](CO)[C@@H](O)[C@@H]2O)cn1. The van der Waals surface area contributed by atoms with E-state index in [1.807, 2.05) is 30.3 Å². The van der Waals surface area contributed by atoms with Gasteiger partial charge in [0.25, 0.3) is 0 Å². The number of nitrogens with zero attached hydrogens (tertiary/aromatic N) is 4. The summed E-state index contributed by atoms with van der Waals surface area (Å²) in [6.07, 6.45) is 0.698. The number of benzene rings is 1. The van der Waals surface area contributed by atoms with Crippen LogP contribution in [0.15, 0.2) is 55.1 Å². The van der Waals surface area contributed by atoms with Gasteiger partial charge >= 0.3 is 0 Å². The minimum atomic E-state index is -2.21. The molecule has 0 unspecified atom stereocenters. The van der Waals surface area contributed by atoms with Gasteiger partial charge in [0.15, 0.2) is 11.7 Å². The molecule has 3 heterocycles. The number of hydrogen-bond donors (Lipinski definition) is 4. The van der Waals surface area contributed by atoms with Crippen molar-refractivity contribution in [2.24, 2.45) is 7.05 Å². The van der Waals surface area contributed by atoms with E-state index in [4.69, 9.17) is 4.74 Å². The molecule has 32 heavy (non-hydrogen) atoms. The van der Waals surface area contributed by atoms with Crippen molar-refractivity contribution < 1.29 is 25.2 Å². The van der Waals surface area contributed by atoms with E-state index in [1.165, 1.54) is 6.20 Å². The molecular formula is C23H22N4O5. The molecule has 0 saturated carbocycles. The Balaban J connectivity index is 1.65. The summed E-state index contributed by atoms with van der Waals surface area (Å²) in [6, 6.07) is 9.47. The molecule has 0 spiro atoms. The second-order valence-electron chi connectivity index (χ2n) is 7.43. The minimum Gasteiger partial charge on any atom is -0.394 e. The maximum atomic E-state index is 11.2. The maximum Gasteiger partial charge on any atom is 0.191 e. The fourth-order valence-electron chi connectivity index (χ4n) is 3.33. The molecular weight excluding hydrogens is 412 g/mol. The highest BCUT2D eigenvalue weighted by Gasteiger charge is 2.53. The van der Waals surface area contributed by atoms with Crippen LogP contribution >= 0.6 is 0 Å². The molecule has 1 fully saturated rings. The van der Waals surface area contributed by atoms with Gasteiger partial charge in [-0.1, -0.05) is 41.9 Å². The lowest BCUT2D eigenvalue weighted by Crippen LogP contribution is -2.65. The van der Waals surface area contributed by atoms with Gasteiger partial charge in [0.05, 0.1) is 35.8 Å². The predicted octanol–water partition coefficient (Wildman–Crippen LogP) is -0.778. The highest BCUT2D eigenvalue weighted by Crippen LogP contribution is 2.30. The van der Waals surface area contributed by atoms with Crippen LogP contribution in [-0.2, 0) is 11.8 Å². The van der Waals surface area contributed by atoms with Crippen LogP contribution in [0.2, 0.25) is 0 Å². The quantitative estimate of drug-likeness (QED) is 0.390. The summed E-state index contributed by atoms with van der Waals surface area (Å²) in [7, 11) is 1.72. The number of aromatic nitrogens is 4. The van der Waals surface area contributed by atoms with E-state index in [-0.39, 0.29) is 0 Å². The monoisotopic (exact) mass is 434 g/mol. The van der Waals surface area contributed by atoms with E-state index in [0.717, 1.165) is 5.69 Å². The zero-order valence-electron chi connectivity index (χ0n) is 17.2. The van der Waals surface area contributed by atoms with Gasteiger partial charge in [-0.3, -0.25) is 4.68 Å². The van der Waals surface area contributed by atoms with E-state index >= 15 is 0 Å². The normalized spacial score (nSPS) is 27.2. The molecule has 9 nitrogen and oxygen atoms in total. The molecule has 0 amide bonds. The van der Waals surface area contributed by atoms with E-state index in [1.54, 1.807) is 35.0 Å². The molecule has 1 aliphatic heterocycles. The predicted molar refractivity (Wildman–Crippen MR) is 113 cm³/mol. The standard InChI is InChI=1S/C23H22N4O5/c1-26-13-17(11-24-26)9-10-23(31)20(32-19(15-28)21(29)22(23)30)8-7-16-12-25-27(14-16)18-5-3-2-4-6-18/h2-6,11-14,19-22,28-31H,15H2,1H3/t19-,20-,21-,22+,23-/m1/s1. The zero-order valence-corrected chi connectivity index (χ0v) is 17.2. The molecule has 5 atom stereocenters. The van der Waals surface area contributed by atoms with Gasteiger partial charge in [-0.25, -0.2) is 4.68 Å². The smallest absolute Gasteiger partial charge is 0.191 e. The van der Waals surface area contributed by atoms with Crippen molar-refractivity contribution in [3.8, 4) is 29.4 Å². The second kappa shape index (κ2) is 8.97. The van der Waals surface area contributed by atoms with Gasteiger partial charge in [0.2, 0.25) is 0 Å². The Labute approximate surface area is 184 Å². The van der Waals surface area contributed by atoms with Crippen molar-refractivity contribution in [2.75, 3.05) is 6.61 Å². The second-order valence-corrected chi connectivity index (χ2v) is 7.43. The summed E-state index contributed by atoms with van der Waals surface area (Å²) in [4.78, 5) is 0. The molecule has 4 rings (SSSR count). The molecule has 1 aliphatic rings. The fraction of sp³-hybridized carbons (Fsp3) is 0.304. The van der Waals surface area contributed by atoms with Crippen molar-refractivity contribution in [2.45, 2.75) is 30.0 Å². The molecule has 0 aliphatic carbocycles. The van der Waals surface area contributed by atoms with Crippen LogP contribution in [0.3, 0.4) is 0 Å². The number of rotatable bonds is 2. The topological polar surface area (TPSA) is 126 Å². The van der Waals surface area contributed by atoms with Crippen molar-refractivity contribution in [3.63, 3.8) is 0 Å². The number of aliphatic hydroxyl groups excluding tert-OH is 3. The molecule has 1 saturated heterocycles. The third kappa shape index (κ3) is 4.30. The number of aliphatic hydroxyl groups is 4. The van der Waals surface area contributed by atoms with Crippen molar-refractivity contribution in [3.05, 3.63) is 66.2 Å². The van der Waals surface area contributed by atoms with Gasteiger partial charge in [-0.2, -0.15) is 10.2 Å². The largest absolute Gasteiger partial charge is 0.394 e. The summed E-state index contributed by atoms with van der Waals surface area (Å²) in [5.74, 6) is 10.9. The Bertz CT molecular complexity index is 1200. The molecule has 1 aromatic carbocycles. The highest BCUT2D eigenvalue weighted by molar-refractivity contribution is 5.41. The molecule has 4 N–H and O–H groups in total. The van der Waals surface area contributed by atoms with Crippen LogP contribution in [0.1, 0.15) is 11.1 Å². The first kappa shape index (κ1) is 21.8. The van der Waals surface area contributed by atoms with Crippen molar-refractivity contribution in [1.29, 1.82) is 0 Å². The summed E-state index contributed by atoms with van der Waals surface area (Å²) in [5, 5.41) is 49.8. The molecule has 3 aromatic rings. The lowest BCUT2D eigenvalue weighted by Gasteiger charge is -2.43. The third-order valence-corrected chi connectivity index (χ3v) is 5.11. The zero-order chi connectivity index (χ0) is 22.7. The van der Waals surface area contributed by atoms with Crippen molar-refractivity contribution >= 4 is 0 Å². The van der Waals surface area contributed by atoms with Crippen LogP contribution in [0.4, 0.5) is 0 Å². The van der Waals surface area contributed by atoms with Gasteiger partial charge < -0.3 is 25.2 Å². The maximum absolute atomic E-state index is 11.2. The Morgan fingerprint density at radius 3 is 2.47 bits per heavy atom. The van der Waals surface area contributed by atoms with Crippen molar-refractivity contribution in [1.82, 2.24) is 19.6 Å². The number of para-hydroxylation sites is 1. The molecule has 0 bridgehead atoms. The van der Waals surface area contributed by atoms with Gasteiger partial charge in [0.1, 0.15) is 18.3 Å². The Morgan fingerprint density at radius 2 is 1.78 bits per heavy atom. The lowest BCUT2D eigenvalue weighted by molar-refractivity contribution is -0.239. The molecule has 164 valence electrons. The van der Waals surface area contributed by atoms with Gasteiger partial charge in [0, 0.05) is 19.4 Å². The summed E-state index contributed by atoms with van der Waals surface area (Å²) in [6.45, 7) is -0.561. The number of hydrogen-bond acceptors (Lipinski definition) is 7. The lowest BCUT2D eigenvalue weighted by atomic mass is 9.82. The Morgan fingerprint density at radius 1 is 1.06 bits per heavy atom. The van der Waals surface area contributed by atoms with Crippen LogP contribution in [0.5, 0.6) is 0 Å². The average Bonchev–Trinajstić information content (AvgIpc) is 3.45. The molecule has 2 aromatic heterocycles. The fourth-order valence-corrected chi connectivity index (χ4v) is 3.33. The summed E-state index contributed by atoms with van der Waals surface area (Å²) in [5.41, 5.74) is -0.306. The summed E-state index contributed by atoms with van der Waals surface area (Å²) < 4.78 is 8.80. The van der Waals surface area contributed by atoms with Crippen LogP contribution < -0.4 is 0 Å². The average molecular weight is 434 g/mol. The van der Waals surface area contributed by atoms with E-state index in [9.17, 15) is 20.4 Å². The first-order valence-corrected chi connectivity index (χ1v) is 9.89. The van der Waals surface area contributed by atoms with Crippen LogP contribution in [0.25, 0.3) is 5.69 Å². The molecule has 9 heteroatoms. The van der Waals surface area contributed by atoms with Crippen LogP contribution in [-0.4, -0.2) is 76.6 Å². The minimum absolute atomic E-state index is 0.503. The van der Waals surface area contributed by atoms with Crippen LogP contribution in [0, 0.1) is 23.7 Å². The van der Waals surface area contributed by atoms with E-state index < -0.39 is 36.6 Å².